The number of hydrogen-bond donors (Lipinski definition) is 0. The first kappa shape index (κ1) is 2.42. The molecular formula is C9H7NS. The first-order valence-corrected chi connectivity index (χ1v) is 3.67. The van der Waals surface area contributed by atoms with E-state index in [1.54, 1.807) is 0 Å². The van der Waals surface area contributed by atoms with Crippen molar-refractivity contribution in [2.24, 2.45) is 0 Å². The third-order valence-corrected chi connectivity index (χ3v) is 1.77. The molecule has 2 heterocycles. The molecule has 0 aromatic carbocycles. The quantitative estimate of drug-likeness (QED) is 0.638. The van der Waals surface area contributed by atoms with Crippen LogP contribution in [0.1, 0.15) is 9.60 Å². The molecule has 0 aliphatic heterocycles. The van der Waals surface area contributed by atoms with E-state index in [2.05, 4.69) is 4.98 Å². The van der Waals surface area contributed by atoms with E-state index in [-0.39, 0.29) is 34.1 Å². The van der Waals surface area contributed by atoms with Gasteiger partial charge in [-0.15, -0.1) is 11.3 Å². The van der Waals surface area contributed by atoms with E-state index in [0.717, 1.165) is 11.3 Å². The first-order chi connectivity index (χ1) is 8.34. The van der Waals surface area contributed by atoms with Crippen LogP contribution in [0.15, 0.2) is 41.7 Å². The smallest absolute Gasteiger partial charge is 0.0840 e. The minimum Gasteiger partial charge on any atom is -0.255 e. The molecule has 2 aromatic rings. The van der Waals surface area contributed by atoms with Crippen LogP contribution >= 0.6 is 11.3 Å². The number of rotatable bonds is 1. The van der Waals surface area contributed by atoms with Crippen molar-refractivity contribution < 1.29 is 9.60 Å². The van der Waals surface area contributed by atoms with Crippen molar-refractivity contribution in [2.45, 2.75) is 0 Å². The van der Waals surface area contributed by atoms with Crippen molar-refractivity contribution in [1.29, 1.82) is 0 Å². The lowest BCUT2D eigenvalue weighted by Gasteiger charge is -1.92. The Labute approximate surface area is 79.2 Å². The molecule has 0 saturated carbocycles. The number of aromatic nitrogens is 1. The van der Waals surface area contributed by atoms with Crippen LogP contribution in [0.5, 0.6) is 0 Å². The highest BCUT2D eigenvalue weighted by molar-refractivity contribution is 7.13. The van der Waals surface area contributed by atoms with E-state index in [9.17, 15) is 0 Å². The van der Waals surface area contributed by atoms with Crippen molar-refractivity contribution in [2.75, 3.05) is 0 Å². The highest BCUT2D eigenvalue weighted by Crippen LogP contribution is 2.21. The Morgan fingerprint density at radius 2 is 2.27 bits per heavy atom. The number of hydrogen-bond acceptors (Lipinski definition) is 2. The van der Waals surface area contributed by atoms with Gasteiger partial charge in [-0.3, -0.25) is 4.98 Å². The van der Waals surface area contributed by atoms with Crippen molar-refractivity contribution in [1.82, 2.24) is 4.98 Å². The average molecular weight is 168 g/mol. The molecule has 2 rings (SSSR count). The molecule has 0 aliphatic carbocycles. The van der Waals surface area contributed by atoms with Gasteiger partial charge in [-0.2, -0.15) is 0 Å². The molecule has 0 amide bonds. The summed E-state index contributed by atoms with van der Waals surface area (Å²) in [7, 11) is 0. The van der Waals surface area contributed by atoms with Crippen LogP contribution in [-0.2, 0) is 0 Å². The monoisotopic (exact) mass is 168 g/mol. The van der Waals surface area contributed by atoms with Crippen LogP contribution in [0.2, 0.25) is 0 Å². The Hall–Kier alpha value is -1.15. The van der Waals surface area contributed by atoms with Gasteiger partial charge in [0, 0.05) is 6.17 Å². The first-order valence-electron chi connectivity index (χ1n) is 6.36. The second-order valence-electron chi connectivity index (χ2n) is 1.73. The summed E-state index contributed by atoms with van der Waals surface area (Å²) >= 11 is 0.813. The van der Waals surface area contributed by atoms with E-state index in [0.29, 0.717) is 0 Å². The Morgan fingerprint density at radius 1 is 1.27 bits per heavy atom. The van der Waals surface area contributed by atoms with Crippen LogP contribution in [-0.4, -0.2) is 4.98 Å². The molecule has 0 saturated heterocycles. The number of nitrogens with zero attached hydrogens (tertiary/aromatic N) is 1. The molecule has 11 heavy (non-hydrogen) atoms. The third-order valence-electron chi connectivity index (χ3n) is 1.06. The van der Waals surface area contributed by atoms with Gasteiger partial charge in [-0.1, -0.05) is 12.1 Å². The fourth-order valence-corrected chi connectivity index (χ4v) is 1.13. The molecule has 54 valence electrons. The third kappa shape index (κ3) is 1.30. The number of thiophene rings is 1. The van der Waals surface area contributed by atoms with E-state index in [1.807, 2.05) is 0 Å². The van der Waals surface area contributed by atoms with Crippen LogP contribution in [0.25, 0.3) is 10.6 Å². The SMILES string of the molecule is [2H]c1nc(-c2sc([2H])c([2H])c2[2H])c([2H])c([2H])c1[2H]. The van der Waals surface area contributed by atoms with Gasteiger partial charge < -0.3 is 0 Å². The maximum absolute atomic E-state index is 7.69. The second-order valence-corrected chi connectivity index (χ2v) is 2.55. The molecular weight excluding hydrogens is 154 g/mol. The Morgan fingerprint density at radius 3 is 3.09 bits per heavy atom. The Kier molecular flexibility index (Phi) is 0.626. The molecule has 2 aromatic heterocycles. The minimum absolute atomic E-state index is 0.0806. The Bertz CT molecular complexity index is 637. The Balaban J connectivity index is 2.76. The maximum atomic E-state index is 7.69. The average Bonchev–Trinajstić information content (AvgIpc) is 2.59. The summed E-state index contributed by atoms with van der Waals surface area (Å²) in [4.78, 5) is 3.84. The van der Waals surface area contributed by atoms with E-state index in [4.69, 9.17) is 9.60 Å². The van der Waals surface area contributed by atoms with Crippen molar-refractivity contribution in [3.05, 3.63) is 41.7 Å². The van der Waals surface area contributed by atoms with Gasteiger partial charge in [-0.25, -0.2) is 0 Å². The van der Waals surface area contributed by atoms with Gasteiger partial charge >= 0.3 is 0 Å². The van der Waals surface area contributed by atoms with Gasteiger partial charge in [0.1, 0.15) is 0 Å². The summed E-state index contributed by atoms with van der Waals surface area (Å²) in [6, 6.07) is -1.72. The summed E-state index contributed by atoms with van der Waals surface area (Å²) in [6.45, 7) is 0. The fourth-order valence-electron chi connectivity index (χ4n) is 0.630. The molecule has 2 heteroatoms. The molecule has 0 atom stereocenters. The van der Waals surface area contributed by atoms with Gasteiger partial charge in [-0.05, 0) is 23.5 Å². The highest BCUT2D eigenvalue weighted by Gasteiger charge is 1.95. The lowest BCUT2D eigenvalue weighted by molar-refractivity contribution is 1.34. The van der Waals surface area contributed by atoms with Gasteiger partial charge in [0.05, 0.1) is 20.2 Å². The summed E-state index contributed by atoms with van der Waals surface area (Å²) in [6.07, 6.45) is -0.447. The standard InChI is InChI=1S/C9H7NS/c1-2-6-10-8(4-1)9-5-3-7-11-9/h1-7H/i1D,2D,3D,4D,5D,6D,7D. The van der Waals surface area contributed by atoms with E-state index < -0.39 is 18.3 Å². The largest absolute Gasteiger partial charge is 0.255 e. The zero-order valence-electron chi connectivity index (χ0n) is 12.4. The zero-order chi connectivity index (χ0) is 13.6. The molecule has 0 unspecified atom stereocenters. The topological polar surface area (TPSA) is 12.9 Å². The van der Waals surface area contributed by atoms with E-state index >= 15 is 0 Å². The molecule has 0 N–H and O–H groups in total. The highest BCUT2D eigenvalue weighted by atomic mass is 32.1. The van der Waals surface area contributed by atoms with E-state index in [1.165, 1.54) is 0 Å². The van der Waals surface area contributed by atoms with Crippen molar-refractivity contribution in [3.8, 4) is 10.6 Å². The minimum atomic E-state index is -0.447. The summed E-state index contributed by atoms with van der Waals surface area (Å²) in [5.41, 5.74) is -0.0806. The lowest BCUT2D eigenvalue weighted by atomic mass is 10.3. The van der Waals surface area contributed by atoms with Gasteiger partial charge in [0.15, 0.2) is 0 Å². The summed E-state index contributed by atoms with van der Waals surface area (Å²) in [5, 5.41) is -0.121. The van der Waals surface area contributed by atoms with Gasteiger partial charge in [0.2, 0.25) is 0 Å². The molecule has 0 fully saturated rings. The predicted molar refractivity (Wildman–Crippen MR) is 47.6 cm³/mol. The lowest BCUT2D eigenvalue weighted by Crippen LogP contribution is -1.75. The fraction of sp³-hybridized carbons (Fsp3) is 0. The molecule has 0 bridgehead atoms. The molecule has 0 aliphatic rings. The summed E-state index contributed by atoms with van der Waals surface area (Å²) in [5.74, 6) is 0. The van der Waals surface area contributed by atoms with Crippen LogP contribution in [0.4, 0.5) is 0 Å². The molecule has 1 nitrogen and oxygen atoms in total. The van der Waals surface area contributed by atoms with Gasteiger partial charge in [0.25, 0.3) is 0 Å². The molecule has 0 spiro atoms. The van der Waals surface area contributed by atoms with Crippen LogP contribution in [0.3, 0.4) is 0 Å². The predicted octanol–water partition coefficient (Wildman–Crippen LogP) is 2.81. The maximum Gasteiger partial charge on any atom is 0.0840 e. The molecule has 0 radical (unpaired) electrons. The van der Waals surface area contributed by atoms with Crippen molar-refractivity contribution >= 4 is 11.3 Å². The van der Waals surface area contributed by atoms with Crippen molar-refractivity contribution in [3.63, 3.8) is 0 Å². The second kappa shape index (κ2) is 2.84. The summed E-state index contributed by atoms with van der Waals surface area (Å²) < 4.78 is 52.6. The normalized spacial score (nSPS) is 18.7. The van der Waals surface area contributed by atoms with Crippen LogP contribution in [0, 0.1) is 0 Å². The zero-order valence-corrected chi connectivity index (χ0v) is 6.17. The number of pyridine rings is 1. The van der Waals surface area contributed by atoms with Crippen LogP contribution < -0.4 is 0 Å².